The molecule has 92 valence electrons. The maximum Gasteiger partial charge on any atom is 0.310 e. The summed E-state index contributed by atoms with van der Waals surface area (Å²) >= 11 is 5.44. The molecule has 0 aromatic heterocycles. The van der Waals surface area contributed by atoms with Crippen molar-refractivity contribution in [3.8, 4) is 0 Å². The number of thiol groups is 1. The van der Waals surface area contributed by atoms with Crippen molar-refractivity contribution in [2.75, 3.05) is 12.4 Å². The zero-order valence-corrected chi connectivity index (χ0v) is 12.7. The molecule has 0 rings (SSSR count). The molecule has 1 atom stereocenters. The quantitative estimate of drug-likeness (QED) is 0.503. The third-order valence-electron chi connectivity index (χ3n) is 1.90. The van der Waals surface area contributed by atoms with Gasteiger partial charge >= 0.3 is 5.77 Å². The molecule has 0 amide bonds. The summed E-state index contributed by atoms with van der Waals surface area (Å²) in [5.74, 6) is -0.610. The van der Waals surface area contributed by atoms with E-state index in [2.05, 4.69) is 39.9 Å². The van der Waals surface area contributed by atoms with Gasteiger partial charge < -0.3 is 4.52 Å². The lowest BCUT2D eigenvalue weighted by molar-refractivity contribution is 0.306. The molecule has 0 aromatic rings. The van der Waals surface area contributed by atoms with E-state index in [-0.39, 0.29) is 0 Å². The Morgan fingerprint density at radius 1 is 1.20 bits per heavy atom. The van der Waals surface area contributed by atoms with E-state index in [1.807, 2.05) is 0 Å². The van der Waals surface area contributed by atoms with Gasteiger partial charge in [0.05, 0.1) is 6.61 Å². The second kappa shape index (κ2) is 8.05. The summed E-state index contributed by atoms with van der Waals surface area (Å²) in [5, 5.41) is 0. The lowest BCUT2D eigenvalue weighted by atomic mass is 10.2. The Balaban J connectivity index is 3.63. The topological polar surface area (TPSA) is 26.3 Å². The Hall–Kier alpha value is 0.890. The van der Waals surface area contributed by atoms with Gasteiger partial charge in [0.1, 0.15) is 0 Å². The predicted octanol–water partition coefficient (Wildman–Crippen LogP) is 4.87. The van der Waals surface area contributed by atoms with Crippen molar-refractivity contribution in [3.63, 3.8) is 0 Å². The van der Waals surface area contributed by atoms with Crippen LogP contribution in [-0.2, 0) is 9.09 Å². The van der Waals surface area contributed by atoms with Crippen LogP contribution in [0.3, 0.4) is 0 Å². The van der Waals surface area contributed by atoms with Gasteiger partial charge in [-0.25, -0.2) is 0 Å². The SMILES string of the molecule is CC(C)CCOP(=O)(S)SCCC(C)C. The van der Waals surface area contributed by atoms with Crippen LogP contribution in [0, 0.1) is 11.8 Å². The summed E-state index contributed by atoms with van der Waals surface area (Å²) in [6.45, 7) is 9.11. The minimum atomic E-state index is -2.69. The number of rotatable bonds is 8. The monoisotopic (exact) mass is 270 g/mol. The molecule has 0 aromatic carbocycles. The van der Waals surface area contributed by atoms with Crippen LogP contribution in [0.15, 0.2) is 0 Å². The molecule has 0 heterocycles. The van der Waals surface area contributed by atoms with Gasteiger partial charge in [0.25, 0.3) is 0 Å². The highest BCUT2D eigenvalue weighted by Crippen LogP contribution is 2.64. The van der Waals surface area contributed by atoms with Crippen molar-refractivity contribution in [3.05, 3.63) is 0 Å². The first-order chi connectivity index (χ1) is 6.83. The van der Waals surface area contributed by atoms with E-state index in [0.29, 0.717) is 18.4 Å². The minimum absolute atomic E-state index is 0.549. The van der Waals surface area contributed by atoms with Gasteiger partial charge in [-0.15, -0.1) is 0 Å². The lowest BCUT2D eigenvalue weighted by Gasteiger charge is -2.13. The van der Waals surface area contributed by atoms with Crippen LogP contribution in [0.5, 0.6) is 0 Å². The van der Waals surface area contributed by atoms with Crippen molar-refractivity contribution < 1.29 is 9.09 Å². The van der Waals surface area contributed by atoms with Crippen molar-refractivity contribution in [1.82, 2.24) is 0 Å². The third-order valence-corrected chi connectivity index (χ3v) is 6.38. The highest BCUT2D eigenvalue weighted by molar-refractivity contribution is 8.84. The fourth-order valence-electron chi connectivity index (χ4n) is 0.845. The molecule has 0 saturated carbocycles. The molecule has 0 aliphatic heterocycles. The maximum absolute atomic E-state index is 11.8. The first kappa shape index (κ1) is 15.9. The summed E-state index contributed by atoms with van der Waals surface area (Å²) in [7, 11) is 0. The Bertz CT molecular complexity index is 190. The van der Waals surface area contributed by atoms with Gasteiger partial charge in [0.2, 0.25) is 0 Å². The van der Waals surface area contributed by atoms with Crippen LogP contribution < -0.4 is 0 Å². The lowest BCUT2D eigenvalue weighted by Crippen LogP contribution is -1.95. The molecule has 0 radical (unpaired) electrons. The maximum atomic E-state index is 11.8. The normalized spacial score (nSPS) is 15.9. The molecule has 1 unspecified atom stereocenters. The molecule has 0 saturated heterocycles. The zero-order valence-electron chi connectivity index (χ0n) is 10.1. The average molecular weight is 270 g/mol. The van der Waals surface area contributed by atoms with Gasteiger partial charge in [-0.3, -0.25) is 4.57 Å². The van der Waals surface area contributed by atoms with Gasteiger partial charge in [-0.2, -0.15) is 0 Å². The van der Waals surface area contributed by atoms with Crippen LogP contribution >= 0.6 is 29.4 Å². The first-order valence-electron chi connectivity index (χ1n) is 5.45. The molecule has 0 fully saturated rings. The van der Waals surface area contributed by atoms with E-state index in [1.165, 1.54) is 11.4 Å². The molecule has 5 heteroatoms. The van der Waals surface area contributed by atoms with E-state index >= 15 is 0 Å². The summed E-state index contributed by atoms with van der Waals surface area (Å²) < 4.78 is 17.1. The van der Waals surface area contributed by atoms with Crippen LogP contribution in [0.25, 0.3) is 0 Å². The summed E-state index contributed by atoms with van der Waals surface area (Å²) in [4.78, 5) is 0. The highest BCUT2D eigenvalue weighted by atomic mass is 33.1. The molecule has 0 spiro atoms. The number of hydrogen-bond donors (Lipinski definition) is 1. The van der Waals surface area contributed by atoms with Gasteiger partial charge in [0, 0.05) is 5.75 Å². The first-order valence-corrected chi connectivity index (χ1v) is 9.82. The largest absolute Gasteiger partial charge is 0.314 e. The van der Waals surface area contributed by atoms with Crippen molar-refractivity contribution >= 4 is 29.4 Å². The molecule has 0 aliphatic rings. The Kier molecular flexibility index (Phi) is 8.53. The second-order valence-corrected chi connectivity index (χ2v) is 11.0. The highest BCUT2D eigenvalue weighted by Gasteiger charge is 2.18. The van der Waals surface area contributed by atoms with Gasteiger partial charge in [-0.1, -0.05) is 51.3 Å². The van der Waals surface area contributed by atoms with Gasteiger partial charge in [0.15, 0.2) is 0 Å². The van der Waals surface area contributed by atoms with E-state index in [0.717, 1.165) is 18.6 Å². The molecular weight excluding hydrogens is 247 g/mol. The molecule has 2 nitrogen and oxygen atoms in total. The Morgan fingerprint density at radius 3 is 2.20 bits per heavy atom. The van der Waals surface area contributed by atoms with Crippen LogP contribution in [0.4, 0.5) is 0 Å². The standard InChI is InChI=1S/C10H23O2PS2/c1-9(2)5-7-12-13(11,14)15-8-6-10(3)4/h9-10H,5-8H2,1-4H3,(H,11,14). The predicted molar refractivity (Wildman–Crippen MR) is 73.9 cm³/mol. The van der Waals surface area contributed by atoms with Gasteiger partial charge in [-0.05, 0) is 24.7 Å². The average Bonchev–Trinajstić information content (AvgIpc) is 2.01. The van der Waals surface area contributed by atoms with E-state index in [4.69, 9.17) is 4.52 Å². The molecular formula is C10H23O2PS2. The molecule has 0 bridgehead atoms. The second-order valence-electron chi connectivity index (χ2n) is 4.50. The summed E-state index contributed by atoms with van der Waals surface area (Å²) in [6, 6.07) is 0. The fourth-order valence-corrected chi connectivity index (χ4v) is 4.50. The fraction of sp³-hybridized carbons (Fsp3) is 1.00. The van der Waals surface area contributed by atoms with Crippen molar-refractivity contribution in [2.24, 2.45) is 11.8 Å². The summed E-state index contributed by atoms with van der Waals surface area (Å²) in [5.41, 5.74) is 0. The van der Waals surface area contributed by atoms with E-state index in [9.17, 15) is 4.57 Å². The van der Waals surface area contributed by atoms with Crippen LogP contribution in [0.2, 0.25) is 0 Å². The van der Waals surface area contributed by atoms with Crippen LogP contribution in [0.1, 0.15) is 40.5 Å². The van der Waals surface area contributed by atoms with Crippen LogP contribution in [-0.4, -0.2) is 12.4 Å². The van der Waals surface area contributed by atoms with Crippen molar-refractivity contribution in [2.45, 2.75) is 40.5 Å². The smallest absolute Gasteiger partial charge is 0.310 e. The van der Waals surface area contributed by atoms with E-state index < -0.39 is 5.77 Å². The molecule has 15 heavy (non-hydrogen) atoms. The van der Waals surface area contributed by atoms with E-state index in [1.54, 1.807) is 0 Å². The van der Waals surface area contributed by atoms with Crippen molar-refractivity contribution in [1.29, 1.82) is 0 Å². The summed E-state index contributed by atoms with van der Waals surface area (Å²) in [6.07, 6.45) is 2.00. The zero-order chi connectivity index (χ0) is 11.9. The Labute approximate surface area is 103 Å². The number of hydrogen-bond acceptors (Lipinski definition) is 3. The molecule has 0 aliphatic carbocycles. The Morgan fingerprint density at radius 2 is 1.73 bits per heavy atom. The third kappa shape index (κ3) is 11.2. The molecule has 0 N–H and O–H groups in total. The minimum Gasteiger partial charge on any atom is -0.314 e.